The standard InChI is InChI=1S/C23H23N3O3/c1-4-14-24-22(27)17(3)29-23(28)20-15-26(19-8-6-5-7-9-19)25-21(20)18-12-10-16(2)11-13-18/h4-13,15,17H,1,14H2,2-3H3,(H,24,27). The first-order valence-corrected chi connectivity index (χ1v) is 9.31. The maximum atomic E-state index is 12.9. The van der Waals surface area contributed by atoms with E-state index in [-0.39, 0.29) is 5.91 Å². The van der Waals surface area contributed by atoms with Crippen LogP contribution in [0.2, 0.25) is 0 Å². The van der Waals surface area contributed by atoms with Crippen molar-refractivity contribution in [2.45, 2.75) is 20.0 Å². The quantitative estimate of drug-likeness (QED) is 0.494. The van der Waals surface area contributed by atoms with Crippen LogP contribution in [0.4, 0.5) is 0 Å². The first-order chi connectivity index (χ1) is 14.0. The van der Waals surface area contributed by atoms with E-state index in [9.17, 15) is 9.59 Å². The van der Waals surface area contributed by atoms with E-state index in [0.717, 1.165) is 16.8 Å². The fourth-order valence-electron chi connectivity index (χ4n) is 2.75. The highest BCUT2D eigenvalue weighted by molar-refractivity contribution is 5.97. The van der Waals surface area contributed by atoms with Crippen molar-refractivity contribution < 1.29 is 14.3 Å². The fourth-order valence-corrected chi connectivity index (χ4v) is 2.75. The SMILES string of the molecule is C=CCNC(=O)C(C)OC(=O)c1cn(-c2ccccc2)nc1-c1ccc(C)cc1. The molecule has 1 aromatic heterocycles. The molecule has 1 heterocycles. The third-order valence-electron chi connectivity index (χ3n) is 4.35. The Kier molecular flexibility index (Phi) is 6.24. The van der Waals surface area contributed by atoms with E-state index in [4.69, 9.17) is 4.74 Å². The highest BCUT2D eigenvalue weighted by atomic mass is 16.5. The van der Waals surface area contributed by atoms with Gasteiger partial charge in [-0.05, 0) is 26.0 Å². The normalized spacial score (nSPS) is 11.5. The zero-order valence-electron chi connectivity index (χ0n) is 16.5. The number of carbonyl (C=O) groups is 2. The van der Waals surface area contributed by atoms with Gasteiger partial charge < -0.3 is 10.1 Å². The maximum Gasteiger partial charge on any atom is 0.342 e. The second kappa shape index (κ2) is 9.01. The van der Waals surface area contributed by atoms with E-state index in [1.54, 1.807) is 17.0 Å². The molecule has 2 aromatic carbocycles. The number of nitrogens with zero attached hydrogens (tertiary/aromatic N) is 2. The van der Waals surface area contributed by atoms with Crippen molar-refractivity contribution >= 4 is 11.9 Å². The average Bonchev–Trinajstić information content (AvgIpc) is 3.18. The van der Waals surface area contributed by atoms with Gasteiger partial charge in [0.25, 0.3) is 5.91 Å². The van der Waals surface area contributed by atoms with E-state index in [2.05, 4.69) is 17.0 Å². The molecule has 0 radical (unpaired) electrons. The van der Waals surface area contributed by atoms with Crippen LogP contribution in [0.25, 0.3) is 16.9 Å². The van der Waals surface area contributed by atoms with Gasteiger partial charge in [0, 0.05) is 18.3 Å². The third kappa shape index (κ3) is 4.79. The minimum atomic E-state index is -0.937. The molecule has 0 saturated carbocycles. The molecule has 0 bridgehead atoms. The van der Waals surface area contributed by atoms with Crippen molar-refractivity contribution in [2.24, 2.45) is 0 Å². The predicted molar refractivity (Wildman–Crippen MR) is 112 cm³/mol. The molecule has 0 spiro atoms. The van der Waals surface area contributed by atoms with Crippen molar-refractivity contribution in [1.82, 2.24) is 15.1 Å². The number of rotatable bonds is 7. The number of hydrogen-bond donors (Lipinski definition) is 1. The minimum absolute atomic E-state index is 0.293. The van der Waals surface area contributed by atoms with Gasteiger partial charge in [0.05, 0.1) is 5.69 Å². The lowest BCUT2D eigenvalue weighted by molar-refractivity contribution is -0.128. The summed E-state index contributed by atoms with van der Waals surface area (Å²) in [6, 6.07) is 17.2. The molecule has 1 unspecified atom stereocenters. The van der Waals surface area contributed by atoms with Crippen LogP contribution >= 0.6 is 0 Å². The number of aromatic nitrogens is 2. The smallest absolute Gasteiger partial charge is 0.342 e. The van der Waals surface area contributed by atoms with Gasteiger partial charge in [0.15, 0.2) is 6.10 Å². The van der Waals surface area contributed by atoms with Crippen LogP contribution in [-0.4, -0.2) is 34.3 Å². The van der Waals surface area contributed by atoms with Crippen molar-refractivity contribution in [3.8, 4) is 16.9 Å². The highest BCUT2D eigenvalue weighted by Crippen LogP contribution is 2.25. The van der Waals surface area contributed by atoms with Gasteiger partial charge in [-0.3, -0.25) is 4.79 Å². The number of amides is 1. The summed E-state index contributed by atoms with van der Waals surface area (Å²) in [4.78, 5) is 24.9. The topological polar surface area (TPSA) is 73.2 Å². The summed E-state index contributed by atoms with van der Waals surface area (Å²) < 4.78 is 7.02. The molecule has 1 N–H and O–H groups in total. The van der Waals surface area contributed by atoms with Gasteiger partial charge in [-0.1, -0.05) is 54.1 Å². The first-order valence-electron chi connectivity index (χ1n) is 9.31. The molecule has 3 aromatic rings. The molecule has 148 valence electrons. The Hall–Kier alpha value is -3.67. The van der Waals surface area contributed by atoms with Crippen LogP contribution < -0.4 is 5.32 Å². The highest BCUT2D eigenvalue weighted by Gasteiger charge is 2.24. The summed E-state index contributed by atoms with van der Waals surface area (Å²) in [5, 5.41) is 7.22. The molecule has 0 aliphatic rings. The van der Waals surface area contributed by atoms with Gasteiger partial charge >= 0.3 is 5.97 Å². The number of hydrogen-bond acceptors (Lipinski definition) is 4. The van der Waals surface area contributed by atoms with E-state index >= 15 is 0 Å². The van der Waals surface area contributed by atoms with Gasteiger partial charge in [-0.25, -0.2) is 9.48 Å². The van der Waals surface area contributed by atoms with E-state index < -0.39 is 12.1 Å². The molecule has 1 amide bonds. The maximum absolute atomic E-state index is 12.9. The number of nitrogens with one attached hydrogen (secondary N) is 1. The lowest BCUT2D eigenvalue weighted by Gasteiger charge is -2.12. The summed E-state index contributed by atoms with van der Waals surface area (Å²) in [7, 11) is 0. The Bertz CT molecular complexity index is 1010. The van der Waals surface area contributed by atoms with Crippen LogP contribution in [0.15, 0.2) is 73.4 Å². The number of ether oxygens (including phenoxy) is 1. The Labute approximate surface area is 169 Å². The summed E-state index contributed by atoms with van der Waals surface area (Å²) in [5.41, 5.74) is 3.50. The molecule has 0 aliphatic carbocycles. The minimum Gasteiger partial charge on any atom is -0.449 e. The molecule has 29 heavy (non-hydrogen) atoms. The third-order valence-corrected chi connectivity index (χ3v) is 4.35. The van der Waals surface area contributed by atoms with Crippen molar-refractivity contribution in [3.05, 3.63) is 84.6 Å². The average molecular weight is 389 g/mol. The predicted octanol–water partition coefficient (Wildman–Crippen LogP) is 3.70. The van der Waals surface area contributed by atoms with Crippen LogP contribution in [-0.2, 0) is 9.53 Å². The van der Waals surface area contributed by atoms with Gasteiger partial charge in [-0.2, -0.15) is 5.10 Å². The zero-order valence-corrected chi connectivity index (χ0v) is 16.5. The molecule has 0 saturated heterocycles. The monoisotopic (exact) mass is 389 g/mol. The molecule has 0 fully saturated rings. The van der Waals surface area contributed by atoms with Crippen LogP contribution in [0.3, 0.4) is 0 Å². The lowest BCUT2D eigenvalue weighted by atomic mass is 10.1. The zero-order chi connectivity index (χ0) is 20.8. The second-order valence-corrected chi connectivity index (χ2v) is 6.62. The Morgan fingerprint density at radius 3 is 2.52 bits per heavy atom. The summed E-state index contributed by atoms with van der Waals surface area (Å²) in [6.45, 7) is 7.38. The van der Waals surface area contributed by atoms with Crippen molar-refractivity contribution in [1.29, 1.82) is 0 Å². The molecular formula is C23H23N3O3. The number of esters is 1. The summed E-state index contributed by atoms with van der Waals surface area (Å²) in [6.07, 6.45) is 2.25. The number of benzene rings is 2. The Morgan fingerprint density at radius 2 is 1.86 bits per heavy atom. The molecule has 6 nitrogen and oxygen atoms in total. The molecule has 0 aliphatic heterocycles. The van der Waals surface area contributed by atoms with Gasteiger partial charge in [0.1, 0.15) is 11.3 Å². The molecule has 3 rings (SSSR count). The summed E-state index contributed by atoms with van der Waals surface area (Å²) in [5.74, 6) is -0.991. The first kappa shape index (κ1) is 20.1. The second-order valence-electron chi connectivity index (χ2n) is 6.62. The van der Waals surface area contributed by atoms with Crippen molar-refractivity contribution in [3.63, 3.8) is 0 Å². The molecular weight excluding hydrogens is 366 g/mol. The number of carbonyl (C=O) groups excluding carboxylic acids is 2. The van der Waals surface area contributed by atoms with Gasteiger partial charge in [0.2, 0.25) is 0 Å². The Balaban J connectivity index is 1.94. The largest absolute Gasteiger partial charge is 0.449 e. The molecule has 6 heteroatoms. The molecule has 1 atom stereocenters. The number of aryl methyl sites for hydroxylation is 1. The fraction of sp³-hybridized carbons (Fsp3) is 0.174. The lowest BCUT2D eigenvalue weighted by Crippen LogP contribution is -2.35. The van der Waals surface area contributed by atoms with Crippen LogP contribution in [0, 0.1) is 6.92 Å². The Morgan fingerprint density at radius 1 is 1.17 bits per heavy atom. The number of para-hydroxylation sites is 1. The van der Waals surface area contributed by atoms with Crippen molar-refractivity contribution in [2.75, 3.05) is 6.54 Å². The summed E-state index contributed by atoms with van der Waals surface area (Å²) >= 11 is 0. The van der Waals surface area contributed by atoms with Gasteiger partial charge in [-0.15, -0.1) is 6.58 Å². The van der Waals surface area contributed by atoms with E-state index in [1.807, 2.05) is 61.5 Å². The van der Waals surface area contributed by atoms with Crippen LogP contribution in [0.1, 0.15) is 22.8 Å². The van der Waals surface area contributed by atoms with Crippen LogP contribution in [0.5, 0.6) is 0 Å². The van der Waals surface area contributed by atoms with E-state index in [0.29, 0.717) is 17.8 Å². The van der Waals surface area contributed by atoms with E-state index in [1.165, 1.54) is 6.92 Å².